The molecule has 0 fully saturated rings. The third-order valence-corrected chi connectivity index (χ3v) is 3.20. The van der Waals surface area contributed by atoms with Gasteiger partial charge in [0.1, 0.15) is 11.5 Å². The summed E-state index contributed by atoms with van der Waals surface area (Å²) in [5.74, 6) is 1.59. The highest BCUT2D eigenvalue weighted by Crippen LogP contribution is 2.32. The van der Waals surface area contributed by atoms with Crippen LogP contribution >= 0.6 is 15.9 Å². The Morgan fingerprint density at radius 2 is 1.38 bits per heavy atom. The predicted octanol–water partition coefficient (Wildman–Crippen LogP) is 2.62. The molecule has 0 saturated heterocycles. The van der Waals surface area contributed by atoms with Crippen LogP contribution in [0.25, 0.3) is 0 Å². The van der Waals surface area contributed by atoms with E-state index in [0.717, 1.165) is 21.4 Å². The van der Waals surface area contributed by atoms with Gasteiger partial charge in [-0.2, -0.15) is 0 Å². The first-order valence-corrected chi connectivity index (χ1v) is 5.81. The van der Waals surface area contributed by atoms with Crippen molar-refractivity contribution in [3.8, 4) is 11.5 Å². The molecule has 3 rings (SSSR count). The fraction of sp³-hybridized carbons (Fsp3) is 0. The fourth-order valence-electron chi connectivity index (χ4n) is 1.69. The zero-order valence-electron chi connectivity index (χ0n) is 8.39. The molecule has 1 heterocycles. The third-order valence-electron chi connectivity index (χ3n) is 2.48. The second kappa shape index (κ2) is 3.87. The minimum Gasteiger partial charge on any atom is -0.519 e. The SMILES string of the molecule is Brc1ccccc1B1Oc2ccccc2O1. The lowest BCUT2D eigenvalue weighted by Gasteiger charge is -2.06. The Hall–Kier alpha value is -1.42. The Balaban J connectivity index is 1.95. The van der Waals surface area contributed by atoms with Gasteiger partial charge in [0, 0.05) is 9.94 Å². The Morgan fingerprint density at radius 1 is 0.812 bits per heavy atom. The molecule has 1 aliphatic rings. The summed E-state index contributed by atoms with van der Waals surface area (Å²) in [6.45, 7) is 0. The first-order valence-electron chi connectivity index (χ1n) is 5.01. The van der Waals surface area contributed by atoms with Gasteiger partial charge >= 0.3 is 7.12 Å². The summed E-state index contributed by atoms with van der Waals surface area (Å²) < 4.78 is 12.4. The molecular formula is C12H8BBrO2. The minimum atomic E-state index is -0.354. The fourth-order valence-corrected chi connectivity index (χ4v) is 2.16. The lowest BCUT2D eigenvalue weighted by molar-refractivity contribution is 0.518. The molecule has 2 aromatic rings. The van der Waals surface area contributed by atoms with E-state index in [0.29, 0.717) is 0 Å². The average Bonchev–Trinajstić information content (AvgIpc) is 2.73. The van der Waals surface area contributed by atoms with Crippen LogP contribution in [0.1, 0.15) is 0 Å². The second-order valence-electron chi connectivity index (χ2n) is 3.54. The van der Waals surface area contributed by atoms with Crippen LogP contribution in [-0.4, -0.2) is 7.12 Å². The number of fused-ring (bicyclic) bond motifs is 1. The van der Waals surface area contributed by atoms with E-state index in [2.05, 4.69) is 15.9 Å². The van der Waals surface area contributed by atoms with Crippen LogP contribution in [0, 0.1) is 0 Å². The lowest BCUT2D eigenvalue weighted by Crippen LogP contribution is -2.39. The topological polar surface area (TPSA) is 18.5 Å². The molecule has 78 valence electrons. The monoisotopic (exact) mass is 274 g/mol. The van der Waals surface area contributed by atoms with E-state index in [9.17, 15) is 0 Å². The summed E-state index contributed by atoms with van der Waals surface area (Å²) in [6.07, 6.45) is 0. The van der Waals surface area contributed by atoms with Gasteiger partial charge in [-0.1, -0.05) is 46.3 Å². The highest BCUT2D eigenvalue weighted by Gasteiger charge is 2.34. The molecule has 16 heavy (non-hydrogen) atoms. The number of halogens is 1. The normalized spacial score (nSPS) is 12.9. The van der Waals surface area contributed by atoms with E-state index >= 15 is 0 Å². The van der Waals surface area contributed by atoms with Crippen LogP contribution < -0.4 is 14.8 Å². The van der Waals surface area contributed by atoms with Crippen LogP contribution in [0.5, 0.6) is 11.5 Å². The molecule has 2 nitrogen and oxygen atoms in total. The highest BCUT2D eigenvalue weighted by molar-refractivity contribution is 9.10. The number of benzene rings is 2. The van der Waals surface area contributed by atoms with Crippen molar-refractivity contribution in [2.75, 3.05) is 0 Å². The van der Waals surface area contributed by atoms with Gasteiger partial charge < -0.3 is 9.31 Å². The number of para-hydroxylation sites is 2. The zero-order valence-corrected chi connectivity index (χ0v) is 9.98. The predicted molar refractivity (Wildman–Crippen MR) is 67.2 cm³/mol. The molecule has 0 atom stereocenters. The van der Waals surface area contributed by atoms with Gasteiger partial charge in [0.05, 0.1) is 0 Å². The van der Waals surface area contributed by atoms with E-state index in [1.54, 1.807) is 0 Å². The molecule has 0 saturated carbocycles. The van der Waals surface area contributed by atoms with Crippen LogP contribution in [0.3, 0.4) is 0 Å². The lowest BCUT2D eigenvalue weighted by atomic mass is 9.79. The maximum atomic E-state index is 5.72. The van der Waals surface area contributed by atoms with Crippen LogP contribution in [0.15, 0.2) is 53.0 Å². The van der Waals surface area contributed by atoms with Crippen molar-refractivity contribution in [3.63, 3.8) is 0 Å². The van der Waals surface area contributed by atoms with Crippen LogP contribution in [-0.2, 0) is 0 Å². The van der Waals surface area contributed by atoms with E-state index in [1.807, 2.05) is 48.5 Å². The molecule has 1 aliphatic heterocycles. The van der Waals surface area contributed by atoms with Gasteiger partial charge in [-0.25, -0.2) is 0 Å². The molecule has 2 aromatic carbocycles. The molecule has 0 spiro atoms. The minimum absolute atomic E-state index is 0.354. The first kappa shape index (κ1) is 9.79. The quantitative estimate of drug-likeness (QED) is 0.745. The Bertz CT molecular complexity index is 505. The van der Waals surface area contributed by atoms with E-state index in [4.69, 9.17) is 9.31 Å². The first-order chi connectivity index (χ1) is 7.84. The Kier molecular flexibility index (Phi) is 2.37. The van der Waals surface area contributed by atoms with Crippen molar-refractivity contribution in [2.24, 2.45) is 0 Å². The molecule has 0 radical (unpaired) electrons. The molecule has 0 N–H and O–H groups in total. The maximum absolute atomic E-state index is 5.72. The standard InChI is InChI=1S/C12H8BBrO2/c14-10-6-2-1-5-9(10)13-15-11-7-3-4-8-12(11)16-13/h1-8H. The van der Waals surface area contributed by atoms with Crippen LogP contribution in [0.2, 0.25) is 0 Å². The molecule has 0 unspecified atom stereocenters. The molecule has 0 amide bonds. The van der Waals surface area contributed by atoms with Crippen molar-refractivity contribution < 1.29 is 9.31 Å². The van der Waals surface area contributed by atoms with Crippen molar-refractivity contribution in [2.45, 2.75) is 0 Å². The summed E-state index contributed by atoms with van der Waals surface area (Å²) in [4.78, 5) is 0. The van der Waals surface area contributed by atoms with Gasteiger partial charge in [-0.15, -0.1) is 0 Å². The van der Waals surface area contributed by atoms with Gasteiger partial charge in [-0.05, 0) is 18.2 Å². The third kappa shape index (κ3) is 1.59. The molecule has 4 heteroatoms. The molecule has 0 bridgehead atoms. The molecule has 0 aromatic heterocycles. The summed E-state index contributed by atoms with van der Waals surface area (Å²) >= 11 is 3.49. The van der Waals surface area contributed by atoms with E-state index in [-0.39, 0.29) is 7.12 Å². The van der Waals surface area contributed by atoms with Crippen LogP contribution in [0.4, 0.5) is 0 Å². The van der Waals surface area contributed by atoms with Gasteiger partial charge in [-0.3, -0.25) is 0 Å². The van der Waals surface area contributed by atoms with Gasteiger partial charge in [0.25, 0.3) is 0 Å². The molecular weight excluding hydrogens is 267 g/mol. The second-order valence-corrected chi connectivity index (χ2v) is 4.39. The average molecular weight is 275 g/mol. The van der Waals surface area contributed by atoms with Crippen molar-refractivity contribution in [1.29, 1.82) is 0 Å². The number of hydrogen-bond donors (Lipinski definition) is 0. The van der Waals surface area contributed by atoms with E-state index in [1.165, 1.54) is 0 Å². The number of hydrogen-bond acceptors (Lipinski definition) is 2. The summed E-state index contributed by atoms with van der Waals surface area (Å²) in [7, 11) is -0.354. The smallest absolute Gasteiger partial charge is 0.519 e. The summed E-state index contributed by atoms with van der Waals surface area (Å²) in [6, 6.07) is 15.6. The van der Waals surface area contributed by atoms with Gasteiger partial charge in [0.15, 0.2) is 0 Å². The highest BCUT2D eigenvalue weighted by atomic mass is 79.9. The Morgan fingerprint density at radius 3 is 2.00 bits per heavy atom. The van der Waals surface area contributed by atoms with E-state index < -0.39 is 0 Å². The molecule has 0 aliphatic carbocycles. The zero-order chi connectivity index (χ0) is 11.0. The Labute approximate surface area is 102 Å². The number of rotatable bonds is 1. The maximum Gasteiger partial charge on any atom is 0.633 e. The van der Waals surface area contributed by atoms with Crippen molar-refractivity contribution in [1.82, 2.24) is 0 Å². The summed E-state index contributed by atoms with van der Waals surface area (Å²) in [5.41, 5.74) is 0.999. The van der Waals surface area contributed by atoms with Gasteiger partial charge in [0.2, 0.25) is 0 Å². The summed E-state index contributed by atoms with van der Waals surface area (Å²) in [5, 5.41) is 0. The van der Waals surface area contributed by atoms with Crippen molar-refractivity contribution in [3.05, 3.63) is 53.0 Å². The van der Waals surface area contributed by atoms with Crippen molar-refractivity contribution >= 4 is 28.5 Å². The largest absolute Gasteiger partial charge is 0.633 e.